The maximum Gasteiger partial charge on any atom is 0.495 e. The number of benzene rings is 1. The minimum Gasteiger partial charge on any atom is -0.394 e. The molecule has 0 aliphatic rings. The molecule has 1 aromatic carbocycles. The van der Waals surface area contributed by atoms with Gasteiger partial charge < -0.3 is 5.73 Å². The maximum atomic E-state index is 5.81. The second kappa shape index (κ2) is 5.37. The highest BCUT2D eigenvalue weighted by atomic mass is 16.7. The third-order valence-electron chi connectivity index (χ3n) is 2.05. The Balaban J connectivity index is 2.71. The molecule has 0 heterocycles. The lowest BCUT2D eigenvalue weighted by atomic mass is 10.3. The largest absolute Gasteiger partial charge is 0.495 e. The molecule has 5 heteroatoms. The van der Waals surface area contributed by atoms with Crippen molar-refractivity contribution in [2.45, 2.75) is 0 Å². The summed E-state index contributed by atoms with van der Waals surface area (Å²) in [6, 6.07) is 8.34. The van der Waals surface area contributed by atoms with Crippen LogP contribution in [0.1, 0.15) is 0 Å². The van der Waals surface area contributed by atoms with Crippen LogP contribution in [0.15, 0.2) is 24.3 Å². The summed E-state index contributed by atoms with van der Waals surface area (Å²) < 4.78 is 1.90. The van der Waals surface area contributed by atoms with Gasteiger partial charge in [-0.25, -0.2) is 14.3 Å². The smallest absolute Gasteiger partial charge is 0.394 e. The van der Waals surface area contributed by atoms with E-state index >= 15 is 0 Å². The fourth-order valence-corrected chi connectivity index (χ4v) is 1.35. The molecule has 0 aliphatic heterocycles. The number of para-hydroxylation sites is 1. The average molecular weight is 224 g/mol. The van der Waals surface area contributed by atoms with Gasteiger partial charge in [-0.05, 0) is 6.07 Å². The van der Waals surface area contributed by atoms with E-state index in [1.807, 2.05) is 61.9 Å². The quantitative estimate of drug-likeness (QED) is 0.236. The summed E-state index contributed by atoms with van der Waals surface area (Å²) in [6.45, 7) is 0. The van der Waals surface area contributed by atoms with E-state index in [1.165, 1.54) is 0 Å². The molecule has 0 aliphatic carbocycles. The van der Waals surface area contributed by atoms with E-state index in [0.29, 0.717) is 5.69 Å². The number of nitrogens with two attached hydrogens (primary N) is 2. The van der Waals surface area contributed by atoms with Crippen LogP contribution in [0.5, 0.6) is 0 Å². The first-order valence-electron chi connectivity index (χ1n) is 5.08. The first kappa shape index (κ1) is 12.3. The number of amidine groups is 1. The van der Waals surface area contributed by atoms with Crippen molar-refractivity contribution in [2.24, 2.45) is 0 Å². The third kappa shape index (κ3) is 3.13. The summed E-state index contributed by atoms with van der Waals surface area (Å²) in [6.07, 6.45) is 0. The summed E-state index contributed by atoms with van der Waals surface area (Å²) in [5.41, 5.74) is 9.05. The van der Waals surface area contributed by atoms with Gasteiger partial charge in [0.15, 0.2) is 5.69 Å². The predicted octanol–water partition coefficient (Wildman–Crippen LogP) is -0.415. The van der Waals surface area contributed by atoms with Crippen molar-refractivity contribution in [3.8, 4) is 0 Å². The standard InChI is InChI=1S/C11H19N4O/c1-14(2)11(15(3)4)16-13-10-8-6-5-7-9(10)12/h5-8,13H,12H2,1-4H3/q+1/p+1. The normalized spacial score (nSPS) is 9.75. The third-order valence-corrected chi connectivity index (χ3v) is 2.05. The van der Waals surface area contributed by atoms with Crippen molar-refractivity contribution in [3.63, 3.8) is 0 Å². The van der Waals surface area contributed by atoms with E-state index in [2.05, 4.69) is 0 Å². The molecule has 0 aromatic heterocycles. The second-order valence-corrected chi connectivity index (χ2v) is 3.94. The van der Waals surface area contributed by atoms with E-state index in [4.69, 9.17) is 10.6 Å². The molecule has 16 heavy (non-hydrogen) atoms. The summed E-state index contributed by atoms with van der Waals surface area (Å²) in [5, 5.41) is 0. The van der Waals surface area contributed by atoms with Crippen LogP contribution >= 0.6 is 0 Å². The number of anilines is 1. The molecule has 0 saturated carbocycles. The minimum absolute atomic E-state index is 0.708. The van der Waals surface area contributed by atoms with Gasteiger partial charge in [-0.2, -0.15) is 0 Å². The monoisotopic (exact) mass is 224 g/mol. The Bertz CT molecular complexity index is 383. The van der Waals surface area contributed by atoms with E-state index in [-0.39, 0.29) is 0 Å². The Morgan fingerprint density at radius 3 is 2.44 bits per heavy atom. The summed E-state index contributed by atoms with van der Waals surface area (Å²) in [7, 11) is 7.71. The van der Waals surface area contributed by atoms with Gasteiger partial charge >= 0.3 is 6.02 Å². The number of hydrogen-bond donors (Lipinski definition) is 2. The van der Waals surface area contributed by atoms with Crippen LogP contribution in [-0.4, -0.2) is 43.7 Å². The van der Waals surface area contributed by atoms with Crippen LogP contribution in [0.2, 0.25) is 0 Å². The van der Waals surface area contributed by atoms with Crippen LogP contribution in [0, 0.1) is 0 Å². The lowest BCUT2D eigenvalue weighted by Gasteiger charge is -2.09. The van der Waals surface area contributed by atoms with Gasteiger partial charge in [-0.15, -0.1) is 5.48 Å². The number of quaternary nitrogens is 1. The fourth-order valence-electron chi connectivity index (χ4n) is 1.35. The van der Waals surface area contributed by atoms with Crippen LogP contribution in [0.4, 0.5) is 11.4 Å². The molecule has 1 rings (SSSR count). The van der Waals surface area contributed by atoms with E-state index in [9.17, 15) is 0 Å². The SMILES string of the molecule is CN(C)C(O[NH2+]c1ccccc1N)=[N+](C)C. The van der Waals surface area contributed by atoms with Gasteiger partial charge in [-0.3, -0.25) is 0 Å². The average Bonchev–Trinajstić information content (AvgIpc) is 2.20. The molecule has 0 saturated heterocycles. The van der Waals surface area contributed by atoms with Crippen LogP contribution in [0.3, 0.4) is 0 Å². The Hall–Kier alpha value is -1.75. The zero-order valence-electron chi connectivity index (χ0n) is 10.3. The lowest BCUT2D eigenvalue weighted by molar-refractivity contribution is -0.816. The number of rotatable bonds is 2. The molecule has 0 radical (unpaired) electrons. The molecule has 0 atom stereocenters. The molecule has 1 aromatic rings. The zero-order valence-corrected chi connectivity index (χ0v) is 10.3. The molecule has 0 unspecified atom stereocenters. The molecule has 0 spiro atoms. The highest BCUT2D eigenvalue weighted by Gasteiger charge is 2.17. The summed E-state index contributed by atoms with van der Waals surface area (Å²) in [5.74, 6) is 0. The lowest BCUT2D eigenvalue weighted by Crippen LogP contribution is -2.79. The molecular weight excluding hydrogens is 204 g/mol. The molecule has 88 valence electrons. The topological polar surface area (TPSA) is 58.1 Å². The van der Waals surface area contributed by atoms with Gasteiger partial charge in [0.25, 0.3) is 0 Å². The number of hydrogen-bond acceptors (Lipinski definition) is 2. The van der Waals surface area contributed by atoms with Crippen molar-refractivity contribution in [3.05, 3.63) is 24.3 Å². The van der Waals surface area contributed by atoms with Crippen LogP contribution in [0.25, 0.3) is 0 Å². The highest BCUT2D eigenvalue weighted by molar-refractivity contribution is 5.67. The first-order chi connectivity index (χ1) is 7.52. The predicted molar refractivity (Wildman–Crippen MR) is 64.3 cm³/mol. The van der Waals surface area contributed by atoms with Gasteiger partial charge in [-0.1, -0.05) is 12.1 Å². The molecular formula is C11H20N4O+2. The van der Waals surface area contributed by atoms with Crippen molar-refractivity contribution >= 4 is 17.4 Å². The van der Waals surface area contributed by atoms with Crippen molar-refractivity contribution in [2.75, 3.05) is 33.9 Å². The molecule has 5 nitrogen and oxygen atoms in total. The molecule has 4 N–H and O–H groups in total. The van der Waals surface area contributed by atoms with Crippen molar-refractivity contribution < 1.29 is 14.9 Å². The number of nitrogens with zero attached hydrogens (tertiary/aromatic N) is 2. The van der Waals surface area contributed by atoms with E-state index in [1.54, 1.807) is 5.48 Å². The van der Waals surface area contributed by atoms with E-state index in [0.717, 1.165) is 11.7 Å². The van der Waals surface area contributed by atoms with Gasteiger partial charge in [0.05, 0.1) is 33.9 Å². The summed E-state index contributed by atoms with van der Waals surface area (Å²) in [4.78, 5) is 7.49. The van der Waals surface area contributed by atoms with Crippen LogP contribution < -0.4 is 11.2 Å². The fraction of sp³-hybridized carbons (Fsp3) is 0.364. The Kier molecular flexibility index (Phi) is 4.13. The van der Waals surface area contributed by atoms with Crippen molar-refractivity contribution in [1.82, 2.24) is 4.90 Å². The zero-order chi connectivity index (χ0) is 12.1. The minimum atomic E-state index is 0.708. The first-order valence-corrected chi connectivity index (χ1v) is 5.08. The van der Waals surface area contributed by atoms with Gasteiger partial charge in [0, 0.05) is 6.07 Å². The molecule has 0 fully saturated rings. The molecule has 0 bridgehead atoms. The Morgan fingerprint density at radius 2 is 1.94 bits per heavy atom. The second-order valence-electron chi connectivity index (χ2n) is 3.94. The summed E-state index contributed by atoms with van der Waals surface area (Å²) >= 11 is 0. The van der Waals surface area contributed by atoms with E-state index < -0.39 is 0 Å². The Morgan fingerprint density at radius 1 is 1.31 bits per heavy atom. The highest BCUT2D eigenvalue weighted by Crippen LogP contribution is 2.09. The Labute approximate surface area is 96.1 Å². The van der Waals surface area contributed by atoms with Crippen LogP contribution in [-0.2, 0) is 4.84 Å². The maximum absolute atomic E-state index is 5.81. The number of nitrogen functional groups attached to an aromatic ring is 1. The van der Waals surface area contributed by atoms with Gasteiger partial charge in [0.1, 0.15) is 0 Å². The van der Waals surface area contributed by atoms with Crippen molar-refractivity contribution in [1.29, 1.82) is 0 Å². The van der Waals surface area contributed by atoms with Gasteiger partial charge in [0.2, 0.25) is 0 Å². The molecule has 0 amide bonds.